The van der Waals surface area contributed by atoms with Crippen molar-refractivity contribution in [1.29, 1.82) is 0 Å². The van der Waals surface area contributed by atoms with Gasteiger partial charge in [0.15, 0.2) is 0 Å². The summed E-state index contributed by atoms with van der Waals surface area (Å²) in [5.41, 5.74) is 2.72. The third kappa shape index (κ3) is 4.31. The Morgan fingerprint density at radius 1 is 1.38 bits per heavy atom. The van der Waals surface area contributed by atoms with E-state index in [4.69, 9.17) is 0 Å². The first kappa shape index (κ1) is 13.2. The van der Waals surface area contributed by atoms with Gasteiger partial charge < -0.3 is 5.32 Å². The second-order valence-corrected chi connectivity index (χ2v) is 4.89. The lowest BCUT2D eigenvalue weighted by Gasteiger charge is -2.20. The van der Waals surface area contributed by atoms with Crippen molar-refractivity contribution in [3.63, 3.8) is 0 Å². The molecule has 1 rings (SSSR count). The molecule has 1 unspecified atom stereocenters. The molecule has 0 spiro atoms. The molecule has 0 fully saturated rings. The van der Waals surface area contributed by atoms with E-state index in [0.717, 1.165) is 18.9 Å². The number of likely N-dealkylation sites (N-methyl/N-ethyl adjacent to an activating group) is 1. The van der Waals surface area contributed by atoms with Gasteiger partial charge in [0.2, 0.25) is 0 Å². The zero-order valence-electron chi connectivity index (χ0n) is 11.0. The van der Waals surface area contributed by atoms with Crippen molar-refractivity contribution in [3.05, 3.63) is 29.6 Å². The number of nitrogens with one attached hydrogen (secondary N) is 1. The highest BCUT2D eigenvalue weighted by Crippen LogP contribution is 2.13. The van der Waals surface area contributed by atoms with Crippen molar-refractivity contribution < 1.29 is 0 Å². The van der Waals surface area contributed by atoms with E-state index in [-0.39, 0.29) is 0 Å². The van der Waals surface area contributed by atoms with E-state index in [1.54, 1.807) is 0 Å². The highest BCUT2D eigenvalue weighted by atomic mass is 14.9. The first-order valence-corrected chi connectivity index (χ1v) is 6.26. The zero-order chi connectivity index (χ0) is 12.0. The minimum atomic E-state index is 0.589. The quantitative estimate of drug-likeness (QED) is 0.797. The molecule has 0 aromatic carbocycles. The molecule has 1 aromatic rings. The Morgan fingerprint density at radius 2 is 2.12 bits per heavy atom. The molecule has 90 valence electrons. The van der Waals surface area contributed by atoms with Crippen LogP contribution in [-0.2, 0) is 6.42 Å². The van der Waals surface area contributed by atoms with Crippen molar-refractivity contribution in [1.82, 2.24) is 10.3 Å². The number of hydrogen-bond donors (Lipinski definition) is 1. The Hall–Kier alpha value is -0.890. The molecule has 0 aliphatic rings. The topological polar surface area (TPSA) is 24.9 Å². The second kappa shape index (κ2) is 6.64. The maximum Gasteiger partial charge on any atom is 0.0299 e. The second-order valence-electron chi connectivity index (χ2n) is 4.89. The third-order valence-corrected chi connectivity index (χ3v) is 2.85. The molecule has 2 nitrogen and oxygen atoms in total. The summed E-state index contributed by atoms with van der Waals surface area (Å²) in [5, 5.41) is 3.57. The van der Waals surface area contributed by atoms with Crippen LogP contribution in [0.3, 0.4) is 0 Å². The van der Waals surface area contributed by atoms with Crippen LogP contribution in [0, 0.1) is 12.8 Å². The van der Waals surface area contributed by atoms with Gasteiger partial charge >= 0.3 is 0 Å². The van der Waals surface area contributed by atoms with Crippen LogP contribution in [0.15, 0.2) is 18.5 Å². The number of aromatic nitrogens is 1. The molecule has 0 aliphatic carbocycles. The monoisotopic (exact) mass is 220 g/mol. The SMILES string of the molecule is CCNC(Cc1ccncc1C)CC(C)C. The molecule has 0 aliphatic heterocycles. The summed E-state index contributed by atoms with van der Waals surface area (Å²) in [7, 11) is 0. The molecule has 1 heterocycles. The lowest BCUT2D eigenvalue weighted by molar-refractivity contribution is 0.423. The van der Waals surface area contributed by atoms with E-state index in [1.165, 1.54) is 17.5 Å². The number of hydrogen-bond acceptors (Lipinski definition) is 2. The predicted molar refractivity (Wildman–Crippen MR) is 69.6 cm³/mol. The summed E-state index contributed by atoms with van der Waals surface area (Å²) in [4.78, 5) is 4.14. The molecular formula is C14H24N2. The van der Waals surface area contributed by atoms with E-state index in [0.29, 0.717) is 6.04 Å². The summed E-state index contributed by atoms with van der Waals surface area (Å²) < 4.78 is 0. The van der Waals surface area contributed by atoms with Gasteiger partial charge in [0, 0.05) is 18.4 Å². The fraction of sp³-hybridized carbons (Fsp3) is 0.643. The molecule has 0 radical (unpaired) electrons. The largest absolute Gasteiger partial charge is 0.314 e. The van der Waals surface area contributed by atoms with Gasteiger partial charge in [0.05, 0.1) is 0 Å². The normalized spacial score (nSPS) is 13.1. The highest BCUT2D eigenvalue weighted by Gasteiger charge is 2.11. The van der Waals surface area contributed by atoms with Gasteiger partial charge in [-0.3, -0.25) is 4.98 Å². The first-order valence-electron chi connectivity index (χ1n) is 6.26. The van der Waals surface area contributed by atoms with Gasteiger partial charge in [-0.15, -0.1) is 0 Å². The standard InChI is InChI=1S/C14H24N2/c1-5-16-14(8-11(2)3)9-13-6-7-15-10-12(13)4/h6-7,10-11,14,16H,5,8-9H2,1-4H3. The average Bonchev–Trinajstić information content (AvgIpc) is 2.21. The molecule has 1 N–H and O–H groups in total. The number of pyridine rings is 1. The minimum absolute atomic E-state index is 0.589. The van der Waals surface area contributed by atoms with Crippen LogP contribution in [0.2, 0.25) is 0 Å². The summed E-state index contributed by atoms with van der Waals surface area (Å²) in [6, 6.07) is 2.73. The van der Waals surface area contributed by atoms with Crippen molar-refractivity contribution in [2.45, 2.75) is 46.6 Å². The molecule has 2 heteroatoms. The summed E-state index contributed by atoms with van der Waals surface area (Å²) in [6.45, 7) is 9.92. The Labute approximate surface area is 99.5 Å². The molecule has 0 saturated carbocycles. The van der Waals surface area contributed by atoms with Crippen molar-refractivity contribution >= 4 is 0 Å². The lowest BCUT2D eigenvalue weighted by atomic mass is 9.96. The van der Waals surface area contributed by atoms with Crippen LogP contribution >= 0.6 is 0 Å². The minimum Gasteiger partial charge on any atom is -0.314 e. The van der Waals surface area contributed by atoms with E-state index in [2.05, 4.69) is 44.1 Å². The van der Waals surface area contributed by atoms with Crippen molar-refractivity contribution in [3.8, 4) is 0 Å². The van der Waals surface area contributed by atoms with Crippen LogP contribution in [0.25, 0.3) is 0 Å². The van der Waals surface area contributed by atoms with E-state index < -0.39 is 0 Å². The lowest BCUT2D eigenvalue weighted by Crippen LogP contribution is -2.32. The Balaban J connectivity index is 2.64. The van der Waals surface area contributed by atoms with Crippen LogP contribution < -0.4 is 5.32 Å². The first-order chi connectivity index (χ1) is 7.63. The van der Waals surface area contributed by atoms with Crippen LogP contribution in [0.5, 0.6) is 0 Å². The summed E-state index contributed by atoms with van der Waals surface area (Å²) in [6.07, 6.45) is 6.18. The van der Waals surface area contributed by atoms with Gasteiger partial charge in [-0.2, -0.15) is 0 Å². The molecule has 1 aromatic heterocycles. The molecule has 1 atom stereocenters. The third-order valence-electron chi connectivity index (χ3n) is 2.85. The molecule has 0 amide bonds. The maximum absolute atomic E-state index is 4.14. The van der Waals surface area contributed by atoms with E-state index in [1.807, 2.05) is 12.4 Å². The maximum atomic E-state index is 4.14. The van der Waals surface area contributed by atoms with Gasteiger partial charge in [-0.1, -0.05) is 20.8 Å². The van der Waals surface area contributed by atoms with Crippen molar-refractivity contribution in [2.24, 2.45) is 5.92 Å². The van der Waals surface area contributed by atoms with Crippen LogP contribution in [-0.4, -0.2) is 17.6 Å². The highest BCUT2D eigenvalue weighted by molar-refractivity contribution is 5.22. The molecule has 16 heavy (non-hydrogen) atoms. The smallest absolute Gasteiger partial charge is 0.0299 e. The predicted octanol–water partition coefficient (Wildman–Crippen LogP) is 2.96. The van der Waals surface area contributed by atoms with Gasteiger partial charge in [-0.05, 0) is 49.4 Å². The van der Waals surface area contributed by atoms with Gasteiger partial charge in [-0.25, -0.2) is 0 Å². The van der Waals surface area contributed by atoms with E-state index in [9.17, 15) is 0 Å². The number of nitrogens with zero attached hydrogens (tertiary/aromatic N) is 1. The Morgan fingerprint density at radius 3 is 2.69 bits per heavy atom. The Kier molecular flexibility index (Phi) is 5.47. The summed E-state index contributed by atoms with van der Waals surface area (Å²) in [5.74, 6) is 0.742. The fourth-order valence-electron chi connectivity index (χ4n) is 2.09. The van der Waals surface area contributed by atoms with E-state index >= 15 is 0 Å². The average molecular weight is 220 g/mol. The van der Waals surface area contributed by atoms with Crippen LogP contribution in [0.1, 0.15) is 38.3 Å². The summed E-state index contributed by atoms with van der Waals surface area (Å²) >= 11 is 0. The van der Waals surface area contributed by atoms with Crippen molar-refractivity contribution in [2.75, 3.05) is 6.54 Å². The molecule has 0 saturated heterocycles. The van der Waals surface area contributed by atoms with Gasteiger partial charge in [0.25, 0.3) is 0 Å². The Bertz CT molecular complexity index is 307. The van der Waals surface area contributed by atoms with Crippen LogP contribution in [0.4, 0.5) is 0 Å². The van der Waals surface area contributed by atoms with Gasteiger partial charge in [0.1, 0.15) is 0 Å². The fourth-order valence-corrected chi connectivity index (χ4v) is 2.09. The number of aryl methyl sites for hydroxylation is 1. The molecule has 0 bridgehead atoms. The zero-order valence-corrected chi connectivity index (χ0v) is 11.0. The number of rotatable bonds is 6. The molecular weight excluding hydrogens is 196 g/mol.